The fourth-order valence-electron chi connectivity index (χ4n) is 3.55. The van der Waals surface area contributed by atoms with Crippen molar-refractivity contribution in [1.82, 2.24) is 20.0 Å². The highest BCUT2D eigenvalue weighted by molar-refractivity contribution is 6.30. The van der Waals surface area contributed by atoms with Crippen LogP contribution in [0.15, 0.2) is 36.7 Å². The summed E-state index contributed by atoms with van der Waals surface area (Å²) in [4.78, 5) is 14.8. The Morgan fingerprint density at radius 1 is 1.37 bits per heavy atom. The van der Waals surface area contributed by atoms with Crippen molar-refractivity contribution in [3.05, 3.63) is 47.2 Å². The molecule has 1 aromatic heterocycles. The van der Waals surface area contributed by atoms with E-state index in [1.807, 2.05) is 12.1 Å². The average Bonchev–Trinajstić information content (AvgIpc) is 3.09. The van der Waals surface area contributed by atoms with E-state index in [1.54, 1.807) is 24.2 Å². The lowest BCUT2D eigenvalue weighted by atomic mass is 9.96. The predicted octanol–water partition coefficient (Wildman–Crippen LogP) is 3.10. The molecular formula is C20H27ClN4O2. The van der Waals surface area contributed by atoms with Gasteiger partial charge in [-0.15, -0.1) is 0 Å². The van der Waals surface area contributed by atoms with Crippen LogP contribution in [-0.2, 0) is 17.9 Å². The number of piperidine rings is 1. The molecule has 1 saturated heterocycles. The second kappa shape index (κ2) is 9.24. The average molecular weight is 391 g/mol. The van der Waals surface area contributed by atoms with Crippen LogP contribution < -0.4 is 10.1 Å². The molecule has 0 saturated carbocycles. The van der Waals surface area contributed by atoms with Crippen LogP contribution >= 0.6 is 11.6 Å². The van der Waals surface area contributed by atoms with E-state index in [1.165, 1.54) is 5.56 Å². The summed E-state index contributed by atoms with van der Waals surface area (Å²) in [5.41, 5.74) is 1.25. The minimum Gasteiger partial charge on any atom is -0.497 e. The highest BCUT2D eigenvalue weighted by atomic mass is 35.5. The number of ether oxygens (including phenoxy) is 1. The number of amides is 1. The van der Waals surface area contributed by atoms with E-state index >= 15 is 0 Å². The van der Waals surface area contributed by atoms with Crippen molar-refractivity contribution in [1.29, 1.82) is 0 Å². The van der Waals surface area contributed by atoms with Gasteiger partial charge in [0.15, 0.2) is 0 Å². The summed E-state index contributed by atoms with van der Waals surface area (Å²) in [6, 6.07) is 8.65. The predicted molar refractivity (Wildman–Crippen MR) is 106 cm³/mol. The Hall–Kier alpha value is -2.05. The number of nitrogens with one attached hydrogen (secondary N) is 1. The van der Waals surface area contributed by atoms with Crippen molar-refractivity contribution < 1.29 is 9.53 Å². The van der Waals surface area contributed by atoms with Gasteiger partial charge in [0, 0.05) is 37.8 Å². The Morgan fingerprint density at radius 3 is 2.81 bits per heavy atom. The molecule has 7 heteroatoms. The number of hydrogen-bond donors (Lipinski definition) is 1. The minimum absolute atomic E-state index is 0.0600. The number of carbonyl (C=O) groups excluding carboxylic acids is 1. The Morgan fingerprint density at radius 2 is 2.15 bits per heavy atom. The Labute approximate surface area is 165 Å². The second-order valence-corrected chi connectivity index (χ2v) is 7.48. The van der Waals surface area contributed by atoms with Gasteiger partial charge in [-0.2, -0.15) is 5.10 Å². The maximum Gasteiger partial charge on any atom is 0.222 e. The summed E-state index contributed by atoms with van der Waals surface area (Å²) in [6.07, 6.45) is 5.81. The van der Waals surface area contributed by atoms with Gasteiger partial charge in [-0.3, -0.25) is 14.4 Å². The van der Waals surface area contributed by atoms with Gasteiger partial charge in [0.2, 0.25) is 5.91 Å². The number of methoxy groups -OCH3 is 1. The molecule has 1 aliphatic rings. The number of aryl methyl sites for hydroxylation is 1. The molecule has 1 N–H and O–H groups in total. The SMILES string of the molecule is COc1ccc(CN2CCCC(NC(=O)CCn3cc(Cl)cn3)C2C)cc1. The van der Waals surface area contributed by atoms with E-state index in [0.717, 1.165) is 31.7 Å². The standard InChI is InChI=1S/C20H27ClN4O2/c1-15-19(23-20(26)9-11-25-14-17(21)12-22-25)4-3-10-24(15)13-16-5-7-18(27-2)8-6-16/h5-8,12,14-15,19H,3-4,9-11,13H2,1-2H3,(H,23,26). The monoisotopic (exact) mass is 390 g/mol. The van der Waals surface area contributed by atoms with Gasteiger partial charge in [-0.1, -0.05) is 23.7 Å². The van der Waals surface area contributed by atoms with Crippen LogP contribution in [0.5, 0.6) is 5.75 Å². The molecule has 1 aromatic carbocycles. The number of benzene rings is 1. The summed E-state index contributed by atoms with van der Waals surface area (Å²) in [5.74, 6) is 0.929. The number of carbonyl (C=O) groups is 1. The fraction of sp³-hybridized carbons (Fsp3) is 0.500. The lowest BCUT2D eigenvalue weighted by Crippen LogP contribution is -2.53. The lowest BCUT2D eigenvalue weighted by Gasteiger charge is -2.39. The van der Waals surface area contributed by atoms with Crippen molar-refractivity contribution in [3.8, 4) is 5.75 Å². The van der Waals surface area contributed by atoms with Gasteiger partial charge < -0.3 is 10.1 Å². The molecule has 27 heavy (non-hydrogen) atoms. The lowest BCUT2D eigenvalue weighted by molar-refractivity contribution is -0.122. The molecule has 0 aliphatic carbocycles. The highest BCUT2D eigenvalue weighted by Crippen LogP contribution is 2.21. The van der Waals surface area contributed by atoms with Crippen molar-refractivity contribution >= 4 is 17.5 Å². The largest absolute Gasteiger partial charge is 0.497 e. The first-order valence-corrected chi connectivity index (χ1v) is 9.77. The molecule has 1 amide bonds. The number of nitrogens with zero attached hydrogens (tertiary/aromatic N) is 3. The van der Waals surface area contributed by atoms with Crippen molar-refractivity contribution in [2.45, 2.75) is 51.4 Å². The van der Waals surface area contributed by atoms with E-state index in [4.69, 9.17) is 16.3 Å². The molecule has 2 unspecified atom stereocenters. The van der Waals surface area contributed by atoms with Crippen molar-refractivity contribution in [2.24, 2.45) is 0 Å². The molecule has 0 spiro atoms. The number of hydrogen-bond acceptors (Lipinski definition) is 4. The molecule has 2 heterocycles. The van der Waals surface area contributed by atoms with Crippen LogP contribution in [-0.4, -0.2) is 46.3 Å². The van der Waals surface area contributed by atoms with Crippen LogP contribution in [0.25, 0.3) is 0 Å². The van der Waals surface area contributed by atoms with E-state index in [0.29, 0.717) is 24.0 Å². The van der Waals surface area contributed by atoms with Crippen LogP contribution in [0.3, 0.4) is 0 Å². The molecule has 0 radical (unpaired) electrons. The van der Waals surface area contributed by atoms with E-state index in [2.05, 4.69) is 34.4 Å². The third kappa shape index (κ3) is 5.47. The topological polar surface area (TPSA) is 59.4 Å². The van der Waals surface area contributed by atoms with Crippen LogP contribution in [0.1, 0.15) is 31.7 Å². The van der Waals surface area contributed by atoms with Gasteiger partial charge in [0.05, 0.1) is 18.3 Å². The summed E-state index contributed by atoms with van der Waals surface area (Å²) in [6.45, 7) is 4.66. The third-order valence-electron chi connectivity index (χ3n) is 5.18. The molecule has 3 rings (SSSR count). The van der Waals surface area contributed by atoms with Gasteiger partial charge in [0.25, 0.3) is 0 Å². The molecule has 146 valence electrons. The summed E-state index contributed by atoms with van der Waals surface area (Å²) in [5, 5.41) is 7.90. The zero-order valence-electron chi connectivity index (χ0n) is 15.9. The Kier molecular flexibility index (Phi) is 6.74. The van der Waals surface area contributed by atoms with Gasteiger partial charge in [0.1, 0.15) is 5.75 Å². The minimum atomic E-state index is 0.0600. The molecule has 1 fully saturated rings. The second-order valence-electron chi connectivity index (χ2n) is 7.05. The Bertz CT molecular complexity index is 747. The molecule has 2 atom stereocenters. The van der Waals surface area contributed by atoms with Crippen molar-refractivity contribution in [2.75, 3.05) is 13.7 Å². The molecule has 0 bridgehead atoms. The van der Waals surface area contributed by atoms with Crippen molar-refractivity contribution in [3.63, 3.8) is 0 Å². The van der Waals surface area contributed by atoms with Crippen LogP contribution in [0.4, 0.5) is 0 Å². The zero-order chi connectivity index (χ0) is 19.2. The summed E-state index contributed by atoms with van der Waals surface area (Å²) in [7, 11) is 1.68. The maximum atomic E-state index is 12.4. The normalized spacial score (nSPS) is 20.4. The smallest absolute Gasteiger partial charge is 0.222 e. The van der Waals surface area contributed by atoms with Crippen LogP contribution in [0, 0.1) is 0 Å². The van der Waals surface area contributed by atoms with Crippen LogP contribution in [0.2, 0.25) is 5.02 Å². The first-order valence-electron chi connectivity index (χ1n) is 9.39. The van der Waals surface area contributed by atoms with E-state index in [-0.39, 0.29) is 11.9 Å². The maximum absolute atomic E-state index is 12.4. The van der Waals surface area contributed by atoms with E-state index < -0.39 is 0 Å². The number of halogens is 1. The summed E-state index contributed by atoms with van der Waals surface area (Å²) < 4.78 is 6.92. The highest BCUT2D eigenvalue weighted by Gasteiger charge is 2.28. The third-order valence-corrected chi connectivity index (χ3v) is 5.37. The van der Waals surface area contributed by atoms with Gasteiger partial charge >= 0.3 is 0 Å². The number of rotatable bonds is 7. The zero-order valence-corrected chi connectivity index (χ0v) is 16.7. The first-order chi connectivity index (χ1) is 13.0. The quantitative estimate of drug-likeness (QED) is 0.789. The fourth-order valence-corrected chi connectivity index (χ4v) is 3.71. The molecule has 2 aromatic rings. The summed E-state index contributed by atoms with van der Waals surface area (Å²) >= 11 is 5.85. The molecule has 6 nitrogen and oxygen atoms in total. The van der Waals surface area contributed by atoms with Gasteiger partial charge in [-0.25, -0.2) is 0 Å². The van der Waals surface area contributed by atoms with Gasteiger partial charge in [-0.05, 0) is 44.0 Å². The first kappa shape index (κ1) is 19.7. The van der Waals surface area contributed by atoms with E-state index in [9.17, 15) is 4.79 Å². The number of likely N-dealkylation sites (tertiary alicyclic amines) is 1. The number of aromatic nitrogens is 2. The Balaban J connectivity index is 1.50. The molecule has 1 aliphatic heterocycles. The molecular weight excluding hydrogens is 364 g/mol.